The molecule has 34 heavy (non-hydrogen) atoms. The Morgan fingerprint density at radius 3 is 2.53 bits per heavy atom. The Kier molecular flexibility index (Phi) is 7.56. The molecule has 0 bridgehead atoms. The standard InChI is InChI=1S/C28H35N3O3/c1-20(22-13-7-4-8-14-22)30-26(32)28(2,17-23-18-29-25-16-10-9-15-24(23)25)31-27(33)34-19-21-11-5-3-6-12-21/h3,5-6,9-12,15-16,18,20,22,29H,4,7-8,13-14,17,19H2,1-2H3,(H,30,32)(H,31,33)/t20-,28-/m1/s1. The summed E-state index contributed by atoms with van der Waals surface area (Å²) in [6.45, 7) is 4.01. The number of rotatable bonds is 8. The van der Waals surface area contributed by atoms with E-state index in [1.165, 1.54) is 19.3 Å². The Morgan fingerprint density at radius 2 is 1.76 bits per heavy atom. The first-order chi connectivity index (χ1) is 16.4. The monoisotopic (exact) mass is 461 g/mol. The summed E-state index contributed by atoms with van der Waals surface area (Å²) >= 11 is 0. The van der Waals surface area contributed by atoms with Crippen LogP contribution in [0.5, 0.6) is 0 Å². The molecule has 3 aromatic rings. The van der Waals surface area contributed by atoms with E-state index in [9.17, 15) is 9.59 Å². The van der Waals surface area contributed by atoms with Gasteiger partial charge in [-0.3, -0.25) is 4.79 Å². The minimum absolute atomic E-state index is 0.0530. The third-order valence-electron chi connectivity index (χ3n) is 7.03. The Morgan fingerprint density at radius 1 is 1.06 bits per heavy atom. The predicted octanol–water partition coefficient (Wildman–Crippen LogP) is 5.48. The zero-order valence-electron chi connectivity index (χ0n) is 20.1. The maximum atomic E-state index is 13.6. The molecule has 0 radical (unpaired) electrons. The molecule has 6 nitrogen and oxygen atoms in total. The molecular weight excluding hydrogens is 426 g/mol. The van der Waals surface area contributed by atoms with Crippen LogP contribution >= 0.6 is 0 Å². The van der Waals surface area contributed by atoms with Crippen molar-refractivity contribution < 1.29 is 14.3 Å². The van der Waals surface area contributed by atoms with Crippen LogP contribution in [0.15, 0.2) is 60.8 Å². The number of hydrogen-bond acceptors (Lipinski definition) is 3. The number of amides is 2. The molecule has 1 heterocycles. The molecule has 0 unspecified atom stereocenters. The predicted molar refractivity (Wildman–Crippen MR) is 134 cm³/mol. The number of benzene rings is 2. The fourth-order valence-electron chi connectivity index (χ4n) is 4.94. The summed E-state index contributed by atoms with van der Waals surface area (Å²) in [6, 6.07) is 17.5. The quantitative estimate of drug-likeness (QED) is 0.415. The third kappa shape index (κ3) is 5.79. The minimum Gasteiger partial charge on any atom is -0.445 e. The summed E-state index contributed by atoms with van der Waals surface area (Å²) in [4.78, 5) is 29.7. The van der Waals surface area contributed by atoms with Crippen LogP contribution in [0.25, 0.3) is 10.9 Å². The van der Waals surface area contributed by atoms with Crippen LogP contribution < -0.4 is 10.6 Å². The van der Waals surface area contributed by atoms with Gasteiger partial charge in [0.1, 0.15) is 12.1 Å². The Balaban J connectivity index is 1.50. The van der Waals surface area contributed by atoms with Gasteiger partial charge in [-0.15, -0.1) is 0 Å². The fourth-order valence-corrected chi connectivity index (χ4v) is 4.94. The van der Waals surface area contributed by atoms with Crippen molar-refractivity contribution in [2.75, 3.05) is 0 Å². The zero-order valence-corrected chi connectivity index (χ0v) is 20.1. The van der Waals surface area contributed by atoms with Gasteiger partial charge in [0.15, 0.2) is 0 Å². The van der Waals surface area contributed by atoms with E-state index in [2.05, 4.69) is 22.5 Å². The first-order valence-electron chi connectivity index (χ1n) is 12.3. The van der Waals surface area contributed by atoms with Crippen LogP contribution in [0.3, 0.4) is 0 Å². The largest absolute Gasteiger partial charge is 0.445 e. The van der Waals surface area contributed by atoms with Crippen molar-refractivity contribution in [3.63, 3.8) is 0 Å². The molecule has 1 fully saturated rings. The van der Waals surface area contributed by atoms with E-state index >= 15 is 0 Å². The number of ether oxygens (including phenoxy) is 1. The number of nitrogens with one attached hydrogen (secondary N) is 3. The second-order valence-corrected chi connectivity index (χ2v) is 9.72. The maximum absolute atomic E-state index is 13.6. The SMILES string of the molecule is C[C@@H](NC(=O)[C@@](C)(Cc1c[nH]c2ccccc12)NC(=O)OCc1ccccc1)C1CCCCC1. The van der Waals surface area contributed by atoms with E-state index < -0.39 is 11.6 Å². The van der Waals surface area contributed by atoms with Crippen molar-refractivity contribution in [1.82, 2.24) is 15.6 Å². The van der Waals surface area contributed by atoms with E-state index in [0.29, 0.717) is 12.3 Å². The molecule has 4 rings (SSSR count). The summed E-state index contributed by atoms with van der Waals surface area (Å²) in [6.07, 6.45) is 7.61. The first-order valence-corrected chi connectivity index (χ1v) is 12.3. The molecule has 1 saturated carbocycles. The molecule has 0 saturated heterocycles. The van der Waals surface area contributed by atoms with Crippen LogP contribution in [0, 0.1) is 5.92 Å². The lowest BCUT2D eigenvalue weighted by atomic mass is 9.84. The van der Waals surface area contributed by atoms with Crippen LogP contribution in [0.1, 0.15) is 57.1 Å². The van der Waals surface area contributed by atoms with Crippen molar-refractivity contribution in [3.8, 4) is 0 Å². The molecule has 2 amide bonds. The van der Waals surface area contributed by atoms with Gasteiger partial charge in [0.2, 0.25) is 5.91 Å². The lowest BCUT2D eigenvalue weighted by Crippen LogP contribution is -2.60. The second-order valence-electron chi connectivity index (χ2n) is 9.72. The van der Waals surface area contributed by atoms with Gasteiger partial charge in [0.25, 0.3) is 0 Å². The van der Waals surface area contributed by atoms with Gasteiger partial charge in [0.05, 0.1) is 0 Å². The Labute approximate surface area is 201 Å². The molecule has 180 valence electrons. The highest BCUT2D eigenvalue weighted by Gasteiger charge is 2.38. The molecule has 1 aromatic heterocycles. The summed E-state index contributed by atoms with van der Waals surface area (Å²) < 4.78 is 5.46. The highest BCUT2D eigenvalue weighted by Crippen LogP contribution is 2.27. The molecule has 3 N–H and O–H groups in total. The van der Waals surface area contributed by atoms with Gasteiger partial charge < -0.3 is 20.4 Å². The van der Waals surface area contributed by atoms with Crippen LogP contribution in [0.2, 0.25) is 0 Å². The Bertz CT molecular complexity index is 1100. The number of para-hydroxylation sites is 1. The van der Waals surface area contributed by atoms with Crippen LogP contribution in [-0.2, 0) is 22.6 Å². The van der Waals surface area contributed by atoms with Gasteiger partial charge in [0, 0.05) is 29.6 Å². The second kappa shape index (κ2) is 10.8. The number of carbonyl (C=O) groups is 2. The number of hydrogen-bond donors (Lipinski definition) is 3. The highest BCUT2D eigenvalue weighted by molar-refractivity contribution is 5.91. The number of carbonyl (C=O) groups excluding carboxylic acids is 2. The number of fused-ring (bicyclic) bond motifs is 1. The zero-order chi connectivity index (χ0) is 24.0. The molecule has 6 heteroatoms. The molecule has 0 spiro atoms. The summed E-state index contributed by atoms with van der Waals surface area (Å²) in [5.74, 6) is 0.285. The van der Waals surface area contributed by atoms with Gasteiger partial charge >= 0.3 is 6.09 Å². The van der Waals surface area contributed by atoms with Crippen molar-refractivity contribution >= 4 is 22.9 Å². The maximum Gasteiger partial charge on any atom is 0.408 e. The van der Waals surface area contributed by atoms with E-state index in [-0.39, 0.29) is 18.6 Å². The molecule has 0 aliphatic heterocycles. The number of aromatic amines is 1. The van der Waals surface area contributed by atoms with Crippen molar-refractivity contribution in [2.24, 2.45) is 5.92 Å². The fraction of sp³-hybridized carbons (Fsp3) is 0.429. The van der Waals surface area contributed by atoms with Crippen molar-refractivity contribution in [2.45, 2.75) is 70.6 Å². The van der Waals surface area contributed by atoms with Crippen LogP contribution in [-0.4, -0.2) is 28.6 Å². The van der Waals surface area contributed by atoms with E-state index in [0.717, 1.165) is 34.9 Å². The average molecular weight is 462 g/mol. The number of H-pyrrole nitrogens is 1. The molecule has 1 aliphatic carbocycles. The Hall–Kier alpha value is -3.28. The topological polar surface area (TPSA) is 83.2 Å². The van der Waals surface area contributed by atoms with Crippen molar-refractivity contribution in [3.05, 3.63) is 71.9 Å². The molecule has 2 aromatic carbocycles. The summed E-state index contributed by atoms with van der Waals surface area (Å²) in [7, 11) is 0. The lowest BCUT2D eigenvalue weighted by Gasteiger charge is -2.34. The van der Waals surface area contributed by atoms with Crippen molar-refractivity contribution in [1.29, 1.82) is 0 Å². The van der Waals surface area contributed by atoms with E-state index in [4.69, 9.17) is 4.74 Å². The lowest BCUT2D eigenvalue weighted by molar-refractivity contribution is -0.128. The summed E-state index contributed by atoms with van der Waals surface area (Å²) in [5, 5.41) is 7.14. The van der Waals surface area contributed by atoms with Gasteiger partial charge in [-0.2, -0.15) is 0 Å². The molecule has 1 aliphatic rings. The number of alkyl carbamates (subject to hydrolysis) is 1. The third-order valence-corrected chi connectivity index (χ3v) is 7.03. The average Bonchev–Trinajstić information content (AvgIpc) is 3.26. The normalized spacial score (nSPS) is 17.0. The van der Waals surface area contributed by atoms with Gasteiger partial charge in [-0.1, -0.05) is 67.8 Å². The van der Waals surface area contributed by atoms with E-state index in [1.54, 1.807) is 6.92 Å². The highest BCUT2D eigenvalue weighted by atomic mass is 16.5. The van der Waals surface area contributed by atoms with Crippen LogP contribution in [0.4, 0.5) is 4.79 Å². The number of aromatic nitrogens is 1. The van der Waals surface area contributed by atoms with E-state index in [1.807, 2.05) is 60.8 Å². The van der Waals surface area contributed by atoms with Gasteiger partial charge in [-0.25, -0.2) is 4.79 Å². The molecule has 2 atom stereocenters. The summed E-state index contributed by atoms with van der Waals surface area (Å²) in [5.41, 5.74) is 1.71. The molecular formula is C28H35N3O3. The van der Waals surface area contributed by atoms with Gasteiger partial charge in [-0.05, 0) is 49.8 Å². The smallest absolute Gasteiger partial charge is 0.408 e. The minimum atomic E-state index is -1.17. The first kappa shape index (κ1) is 23.9.